The molecule has 1 heterocycles. The summed E-state index contributed by atoms with van der Waals surface area (Å²) in [5, 5.41) is 17.9. The fourth-order valence-electron chi connectivity index (χ4n) is 1.82. The minimum Gasteiger partial charge on any atom is -0.493 e. The number of aromatic nitrogens is 3. The summed E-state index contributed by atoms with van der Waals surface area (Å²) in [6.45, 7) is 5.35. The molecule has 0 radical (unpaired) electrons. The number of thioether (sulfide) groups is 1. The molecule has 0 bridgehead atoms. The Hall–Kier alpha value is -2.02. The minimum atomic E-state index is -0.939. The van der Waals surface area contributed by atoms with Gasteiger partial charge in [-0.3, -0.25) is 0 Å². The summed E-state index contributed by atoms with van der Waals surface area (Å²) in [5.74, 6) is 1.38. The molecule has 0 fully saturated rings. The molecule has 7 heteroatoms. The molecule has 0 aliphatic rings. The molecule has 1 N–H and O–H groups in total. The average molecular weight is 307 g/mol. The molecule has 6 nitrogen and oxygen atoms in total. The van der Waals surface area contributed by atoms with E-state index in [1.54, 1.807) is 23.9 Å². The summed E-state index contributed by atoms with van der Waals surface area (Å²) >= 11 is 1.59. The summed E-state index contributed by atoms with van der Waals surface area (Å²) < 4.78 is 7.62. The second kappa shape index (κ2) is 7.12. The number of benzene rings is 1. The third kappa shape index (κ3) is 3.98. The Morgan fingerprint density at radius 1 is 1.33 bits per heavy atom. The molecule has 0 unspecified atom stereocenters. The molecular weight excluding hydrogens is 290 g/mol. The lowest BCUT2D eigenvalue weighted by molar-refractivity contribution is 0.0697. The standard InChI is InChI=1S/C14H17N3O3S/c1-3-17-10(2)15-16-14(17)21-9-8-20-12-6-4-11(5-7-12)13(18)19/h4-7H,3,8-9H2,1-2H3,(H,18,19). The summed E-state index contributed by atoms with van der Waals surface area (Å²) in [7, 11) is 0. The first-order chi connectivity index (χ1) is 10.1. The Kier molecular flexibility index (Phi) is 5.21. The number of carboxylic acid groups (broad SMARTS) is 1. The molecule has 21 heavy (non-hydrogen) atoms. The van der Waals surface area contributed by atoms with E-state index in [1.165, 1.54) is 12.1 Å². The summed E-state index contributed by atoms with van der Waals surface area (Å²) in [4.78, 5) is 10.7. The van der Waals surface area contributed by atoms with Crippen LogP contribution in [0, 0.1) is 6.92 Å². The predicted molar refractivity (Wildman–Crippen MR) is 80.1 cm³/mol. The average Bonchev–Trinajstić information content (AvgIpc) is 2.84. The summed E-state index contributed by atoms with van der Waals surface area (Å²) in [6.07, 6.45) is 0. The second-order valence-corrected chi connectivity index (χ2v) is 5.36. The van der Waals surface area contributed by atoms with Crippen LogP contribution in [0.2, 0.25) is 0 Å². The van der Waals surface area contributed by atoms with Crippen molar-refractivity contribution >= 4 is 17.7 Å². The number of nitrogens with zero attached hydrogens (tertiary/aromatic N) is 3. The molecule has 0 aliphatic heterocycles. The molecule has 0 saturated heterocycles. The van der Waals surface area contributed by atoms with Gasteiger partial charge in [-0.05, 0) is 38.1 Å². The van der Waals surface area contributed by atoms with Crippen molar-refractivity contribution in [3.8, 4) is 5.75 Å². The zero-order chi connectivity index (χ0) is 15.2. The molecular formula is C14H17N3O3S. The molecule has 112 valence electrons. The number of carbonyl (C=O) groups is 1. The number of rotatable bonds is 7. The molecule has 0 atom stereocenters. The highest BCUT2D eigenvalue weighted by Crippen LogP contribution is 2.17. The van der Waals surface area contributed by atoms with Gasteiger partial charge in [-0.2, -0.15) is 0 Å². The van der Waals surface area contributed by atoms with Crippen LogP contribution in [0.4, 0.5) is 0 Å². The summed E-state index contributed by atoms with van der Waals surface area (Å²) in [5.41, 5.74) is 0.253. The fraction of sp³-hybridized carbons (Fsp3) is 0.357. The van der Waals surface area contributed by atoms with Crippen molar-refractivity contribution in [2.24, 2.45) is 0 Å². The van der Waals surface area contributed by atoms with Crippen molar-refractivity contribution in [2.45, 2.75) is 25.5 Å². The van der Waals surface area contributed by atoms with Gasteiger partial charge in [0.05, 0.1) is 12.2 Å². The Bertz CT molecular complexity index is 610. The van der Waals surface area contributed by atoms with Gasteiger partial charge in [-0.1, -0.05) is 11.8 Å². The minimum absolute atomic E-state index is 0.253. The van der Waals surface area contributed by atoms with Crippen LogP contribution in [0.1, 0.15) is 23.1 Å². The van der Waals surface area contributed by atoms with Crippen LogP contribution in [0.25, 0.3) is 0 Å². The third-order valence-electron chi connectivity index (χ3n) is 2.90. The van der Waals surface area contributed by atoms with Gasteiger partial charge in [-0.15, -0.1) is 10.2 Å². The molecule has 0 aliphatic carbocycles. The topological polar surface area (TPSA) is 77.2 Å². The Labute approximate surface area is 127 Å². The molecule has 0 amide bonds. The van der Waals surface area contributed by atoms with Gasteiger partial charge in [0.15, 0.2) is 5.16 Å². The van der Waals surface area contributed by atoms with Gasteiger partial charge >= 0.3 is 5.97 Å². The van der Waals surface area contributed by atoms with E-state index in [4.69, 9.17) is 9.84 Å². The normalized spacial score (nSPS) is 10.6. The van der Waals surface area contributed by atoms with Crippen molar-refractivity contribution in [1.82, 2.24) is 14.8 Å². The van der Waals surface area contributed by atoms with Crippen LogP contribution < -0.4 is 4.74 Å². The molecule has 1 aromatic carbocycles. The number of carboxylic acids is 1. The predicted octanol–water partition coefficient (Wildman–Crippen LogP) is 2.48. The number of hydrogen-bond donors (Lipinski definition) is 1. The molecule has 1 aromatic heterocycles. The number of aromatic carboxylic acids is 1. The van der Waals surface area contributed by atoms with Crippen LogP contribution >= 0.6 is 11.8 Å². The highest BCUT2D eigenvalue weighted by molar-refractivity contribution is 7.99. The van der Waals surface area contributed by atoms with E-state index in [0.29, 0.717) is 12.4 Å². The highest BCUT2D eigenvalue weighted by Gasteiger charge is 2.07. The van der Waals surface area contributed by atoms with Gasteiger partial charge in [0.1, 0.15) is 11.6 Å². The van der Waals surface area contributed by atoms with Crippen LogP contribution in [-0.2, 0) is 6.54 Å². The Balaban J connectivity index is 1.80. The quantitative estimate of drug-likeness (QED) is 0.625. The monoisotopic (exact) mass is 307 g/mol. The zero-order valence-electron chi connectivity index (χ0n) is 11.9. The van der Waals surface area contributed by atoms with Gasteiger partial charge in [0.25, 0.3) is 0 Å². The maximum Gasteiger partial charge on any atom is 0.335 e. The van der Waals surface area contributed by atoms with Crippen molar-refractivity contribution in [2.75, 3.05) is 12.4 Å². The molecule has 0 spiro atoms. The summed E-state index contributed by atoms with van der Waals surface area (Å²) in [6, 6.07) is 6.38. The molecule has 2 aromatic rings. The second-order valence-electron chi connectivity index (χ2n) is 4.30. The van der Waals surface area contributed by atoms with Crippen LogP contribution in [0.15, 0.2) is 29.4 Å². The van der Waals surface area contributed by atoms with Gasteiger partial charge < -0.3 is 14.4 Å². The van der Waals surface area contributed by atoms with Crippen molar-refractivity contribution in [1.29, 1.82) is 0 Å². The molecule has 2 rings (SSSR count). The van der Waals surface area contributed by atoms with Gasteiger partial charge in [0.2, 0.25) is 0 Å². The lowest BCUT2D eigenvalue weighted by Crippen LogP contribution is -2.04. The van der Waals surface area contributed by atoms with Crippen LogP contribution in [-0.4, -0.2) is 38.2 Å². The van der Waals surface area contributed by atoms with E-state index in [2.05, 4.69) is 17.1 Å². The maximum absolute atomic E-state index is 10.7. The van der Waals surface area contributed by atoms with E-state index in [0.717, 1.165) is 23.3 Å². The van der Waals surface area contributed by atoms with Crippen molar-refractivity contribution in [3.05, 3.63) is 35.7 Å². The first-order valence-corrected chi connectivity index (χ1v) is 7.59. The Morgan fingerprint density at radius 3 is 2.67 bits per heavy atom. The van der Waals surface area contributed by atoms with Crippen LogP contribution in [0.5, 0.6) is 5.75 Å². The maximum atomic E-state index is 10.7. The van der Waals surface area contributed by atoms with E-state index < -0.39 is 5.97 Å². The largest absolute Gasteiger partial charge is 0.493 e. The number of hydrogen-bond acceptors (Lipinski definition) is 5. The van der Waals surface area contributed by atoms with E-state index in [9.17, 15) is 4.79 Å². The number of ether oxygens (including phenoxy) is 1. The molecule has 0 saturated carbocycles. The third-order valence-corrected chi connectivity index (χ3v) is 3.83. The van der Waals surface area contributed by atoms with Crippen molar-refractivity contribution in [3.63, 3.8) is 0 Å². The van der Waals surface area contributed by atoms with E-state index in [-0.39, 0.29) is 5.56 Å². The lowest BCUT2D eigenvalue weighted by Gasteiger charge is -2.07. The SMILES string of the molecule is CCn1c(C)nnc1SCCOc1ccc(C(=O)O)cc1. The smallest absolute Gasteiger partial charge is 0.335 e. The first kappa shape index (κ1) is 15.4. The van der Waals surface area contributed by atoms with Crippen LogP contribution in [0.3, 0.4) is 0 Å². The Morgan fingerprint density at radius 2 is 2.05 bits per heavy atom. The lowest BCUT2D eigenvalue weighted by atomic mass is 10.2. The highest BCUT2D eigenvalue weighted by atomic mass is 32.2. The zero-order valence-corrected chi connectivity index (χ0v) is 12.8. The van der Waals surface area contributed by atoms with Gasteiger partial charge in [0, 0.05) is 12.3 Å². The van der Waals surface area contributed by atoms with E-state index in [1.807, 2.05) is 11.5 Å². The fourth-order valence-corrected chi connectivity index (χ4v) is 2.68. The van der Waals surface area contributed by atoms with Gasteiger partial charge in [-0.25, -0.2) is 4.79 Å². The van der Waals surface area contributed by atoms with Crippen molar-refractivity contribution < 1.29 is 14.6 Å². The van der Waals surface area contributed by atoms with E-state index >= 15 is 0 Å². The first-order valence-electron chi connectivity index (χ1n) is 6.60. The number of aryl methyl sites for hydroxylation is 1.